The van der Waals surface area contributed by atoms with Crippen molar-refractivity contribution in [1.29, 1.82) is 0 Å². The molecule has 0 aromatic heterocycles. The van der Waals surface area contributed by atoms with E-state index in [9.17, 15) is 0 Å². The van der Waals surface area contributed by atoms with Crippen LogP contribution in [0, 0.1) is 6.92 Å². The topological polar surface area (TPSA) is 21.7 Å². The van der Waals surface area contributed by atoms with E-state index in [-0.39, 0.29) is 0 Å². The number of benzene rings is 2. The van der Waals surface area contributed by atoms with Gasteiger partial charge in [0.25, 0.3) is 0 Å². The van der Waals surface area contributed by atoms with E-state index >= 15 is 0 Å². The lowest BCUT2D eigenvalue weighted by Gasteiger charge is -2.22. The molecule has 0 bridgehead atoms. The van der Waals surface area contributed by atoms with Crippen molar-refractivity contribution in [2.75, 3.05) is 33.4 Å². The quantitative estimate of drug-likeness (QED) is 0.707. The van der Waals surface area contributed by atoms with Crippen molar-refractivity contribution < 1.29 is 9.47 Å². The molecule has 0 aliphatic carbocycles. The van der Waals surface area contributed by atoms with Crippen molar-refractivity contribution in [3.8, 4) is 5.75 Å². The number of hydrogen-bond donors (Lipinski definition) is 0. The van der Waals surface area contributed by atoms with Crippen molar-refractivity contribution in [2.24, 2.45) is 0 Å². The summed E-state index contributed by atoms with van der Waals surface area (Å²) in [6.07, 6.45) is 0. The van der Waals surface area contributed by atoms with Crippen LogP contribution in [0.4, 0.5) is 0 Å². The molecule has 0 amide bonds. The third-order valence-corrected chi connectivity index (χ3v) is 3.56. The Morgan fingerprint density at radius 2 is 1.55 bits per heavy atom. The summed E-state index contributed by atoms with van der Waals surface area (Å²) >= 11 is 0. The van der Waals surface area contributed by atoms with Gasteiger partial charge in [-0.2, -0.15) is 0 Å². The average molecular weight is 299 g/mol. The highest BCUT2D eigenvalue weighted by Crippen LogP contribution is 2.11. The molecule has 0 fully saturated rings. The Morgan fingerprint density at radius 3 is 2.23 bits per heavy atom. The minimum atomic E-state index is 0.680. The van der Waals surface area contributed by atoms with E-state index in [1.165, 1.54) is 11.1 Å². The van der Waals surface area contributed by atoms with Crippen LogP contribution < -0.4 is 4.74 Å². The first-order valence-electron chi connectivity index (χ1n) is 7.72. The van der Waals surface area contributed by atoms with Gasteiger partial charge in [0.15, 0.2) is 0 Å². The molecular formula is C19H25NO2. The van der Waals surface area contributed by atoms with Gasteiger partial charge < -0.3 is 9.47 Å². The molecule has 0 N–H and O–H groups in total. The summed E-state index contributed by atoms with van der Waals surface area (Å²) in [6, 6.07) is 18.7. The number of aryl methyl sites for hydroxylation is 1. The molecule has 2 aromatic carbocycles. The number of methoxy groups -OCH3 is 1. The Bertz CT molecular complexity index is 525. The van der Waals surface area contributed by atoms with Gasteiger partial charge in [0.1, 0.15) is 12.4 Å². The van der Waals surface area contributed by atoms with Crippen molar-refractivity contribution in [3.63, 3.8) is 0 Å². The molecule has 2 aromatic rings. The zero-order valence-electron chi connectivity index (χ0n) is 13.5. The van der Waals surface area contributed by atoms with Gasteiger partial charge in [-0.05, 0) is 24.6 Å². The van der Waals surface area contributed by atoms with Crippen molar-refractivity contribution in [2.45, 2.75) is 13.5 Å². The number of ether oxygens (including phenoxy) is 2. The van der Waals surface area contributed by atoms with Gasteiger partial charge >= 0.3 is 0 Å². The fourth-order valence-electron chi connectivity index (χ4n) is 2.26. The molecule has 0 heterocycles. The van der Waals surface area contributed by atoms with Crippen LogP contribution in [0.3, 0.4) is 0 Å². The van der Waals surface area contributed by atoms with Crippen molar-refractivity contribution >= 4 is 0 Å². The molecule has 2 rings (SSSR count). The SMILES string of the molecule is COCCN(CCOc1ccc(C)cc1)Cc1ccccc1. The van der Waals surface area contributed by atoms with Crippen LogP contribution in [-0.4, -0.2) is 38.3 Å². The van der Waals surface area contributed by atoms with E-state index in [2.05, 4.69) is 48.2 Å². The third-order valence-electron chi connectivity index (χ3n) is 3.56. The molecule has 3 nitrogen and oxygen atoms in total. The standard InChI is InChI=1S/C19H25NO2/c1-17-8-10-19(11-9-17)22-15-13-20(12-14-21-2)16-18-6-4-3-5-7-18/h3-11H,12-16H2,1-2H3. The Hall–Kier alpha value is -1.84. The van der Waals surface area contributed by atoms with Crippen LogP contribution in [0.2, 0.25) is 0 Å². The van der Waals surface area contributed by atoms with Crippen LogP contribution in [0.15, 0.2) is 54.6 Å². The van der Waals surface area contributed by atoms with Crippen molar-refractivity contribution in [3.05, 3.63) is 65.7 Å². The smallest absolute Gasteiger partial charge is 0.119 e. The maximum absolute atomic E-state index is 5.83. The number of hydrogen-bond acceptors (Lipinski definition) is 3. The first-order valence-corrected chi connectivity index (χ1v) is 7.72. The maximum Gasteiger partial charge on any atom is 0.119 e. The van der Waals surface area contributed by atoms with E-state index in [1.807, 2.05) is 18.2 Å². The molecule has 0 spiro atoms. The monoisotopic (exact) mass is 299 g/mol. The Morgan fingerprint density at radius 1 is 0.864 bits per heavy atom. The van der Waals surface area contributed by atoms with E-state index in [1.54, 1.807) is 7.11 Å². The lowest BCUT2D eigenvalue weighted by atomic mass is 10.2. The summed E-state index contributed by atoms with van der Waals surface area (Å²) in [5.74, 6) is 0.928. The summed E-state index contributed by atoms with van der Waals surface area (Å²) in [5.41, 5.74) is 2.56. The van der Waals surface area contributed by atoms with Crippen LogP contribution in [-0.2, 0) is 11.3 Å². The Balaban J connectivity index is 1.82. The summed E-state index contributed by atoms with van der Waals surface area (Å²) < 4.78 is 11.0. The highest BCUT2D eigenvalue weighted by Gasteiger charge is 2.06. The molecule has 3 heteroatoms. The number of rotatable bonds is 9. The molecule has 0 saturated carbocycles. The summed E-state index contributed by atoms with van der Waals surface area (Å²) in [4.78, 5) is 2.35. The lowest BCUT2D eigenvalue weighted by molar-refractivity contribution is 0.131. The zero-order valence-corrected chi connectivity index (χ0v) is 13.5. The van der Waals surface area contributed by atoms with Gasteiger partial charge in [-0.1, -0.05) is 48.0 Å². The predicted octanol–water partition coefficient (Wildman–Crippen LogP) is 3.52. The van der Waals surface area contributed by atoms with E-state index in [0.717, 1.165) is 32.0 Å². The first kappa shape index (κ1) is 16.5. The molecule has 0 atom stereocenters. The van der Waals surface area contributed by atoms with Crippen LogP contribution in [0.1, 0.15) is 11.1 Å². The molecule has 0 aliphatic rings. The second-order valence-electron chi connectivity index (χ2n) is 5.42. The fraction of sp³-hybridized carbons (Fsp3) is 0.368. The summed E-state index contributed by atoms with van der Waals surface area (Å²) in [5, 5.41) is 0. The largest absolute Gasteiger partial charge is 0.492 e. The van der Waals surface area contributed by atoms with Crippen molar-refractivity contribution in [1.82, 2.24) is 4.90 Å². The van der Waals surface area contributed by atoms with Gasteiger partial charge in [-0.25, -0.2) is 0 Å². The molecule has 0 radical (unpaired) electrons. The van der Waals surface area contributed by atoms with Crippen LogP contribution in [0.5, 0.6) is 5.75 Å². The number of nitrogens with zero attached hydrogens (tertiary/aromatic N) is 1. The predicted molar refractivity (Wildman–Crippen MR) is 90.3 cm³/mol. The highest BCUT2D eigenvalue weighted by atomic mass is 16.5. The molecule has 0 unspecified atom stereocenters. The zero-order chi connectivity index (χ0) is 15.6. The van der Waals surface area contributed by atoms with E-state index in [4.69, 9.17) is 9.47 Å². The van der Waals surface area contributed by atoms with Gasteiger partial charge in [0, 0.05) is 26.7 Å². The van der Waals surface area contributed by atoms with Crippen LogP contribution >= 0.6 is 0 Å². The first-order chi connectivity index (χ1) is 10.8. The third kappa shape index (κ3) is 5.88. The second-order valence-corrected chi connectivity index (χ2v) is 5.42. The normalized spacial score (nSPS) is 10.9. The molecule has 118 valence electrons. The fourth-order valence-corrected chi connectivity index (χ4v) is 2.26. The van der Waals surface area contributed by atoms with Crippen LogP contribution in [0.25, 0.3) is 0 Å². The summed E-state index contributed by atoms with van der Waals surface area (Å²) in [6.45, 7) is 6.20. The molecule has 0 aliphatic heterocycles. The molecule has 22 heavy (non-hydrogen) atoms. The average Bonchev–Trinajstić information content (AvgIpc) is 2.55. The minimum Gasteiger partial charge on any atom is -0.492 e. The minimum absolute atomic E-state index is 0.680. The Kier molecular flexibility index (Phi) is 6.94. The van der Waals surface area contributed by atoms with E-state index < -0.39 is 0 Å². The van der Waals surface area contributed by atoms with Gasteiger partial charge in [-0.3, -0.25) is 4.90 Å². The maximum atomic E-state index is 5.83. The highest BCUT2D eigenvalue weighted by molar-refractivity contribution is 5.26. The lowest BCUT2D eigenvalue weighted by Crippen LogP contribution is -2.31. The Labute approximate surface area is 133 Å². The van der Waals surface area contributed by atoms with Gasteiger partial charge in [0.05, 0.1) is 6.61 Å². The van der Waals surface area contributed by atoms with Gasteiger partial charge in [-0.15, -0.1) is 0 Å². The molecular weight excluding hydrogens is 274 g/mol. The second kappa shape index (κ2) is 9.23. The summed E-state index contributed by atoms with van der Waals surface area (Å²) in [7, 11) is 1.74. The van der Waals surface area contributed by atoms with Gasteiger partial charge in [0.2, 0.25) is 0 Å². The van der Waals surface area contributed by atoms with E-state index in [0.29, 0.717) is 6.61 Å². The molecule has 0 saturated heterocycles.